The topological polar surface area (TPSA) is 105 Å². The van der Waals surface area contributed by atoms with Crippen LogP contribution in [-0.2, 0) is 4.74 Å². The minimum Gasteiger partial charge on any atom is -0.373 e. The molecule has 1 aromatic carbocycles. The van der Waals surface area contributed by atoms with Gasteiger partial charge in [-0.1, -0.05) is 6.07 Å². The Morgan fingerprint density at radius 2 is 2.40 bits per heavy atom. The number of ether oxygens (including phenoxy) is 1. The number of nitro benzene ring substituents is 1. The van der Waals surface area contributed by atoms with Crippen molar-refractivity contribution in [1.82, 2.24) is 0 Å². The second kappa shape index (κ2) is 5.86. The smallest absolute Gasteiger partial charge is 0.310 e. The summed E-state index contributed by atoms with van der Waals surface area (Å²) in [4.78, 5) is 12.6. The summed E-state index contributed by atoms with van der Waals surface area (Å²) in [6.45, 7) is 3.32. The molecule has 7 nitrogen and oxygen atoms in total. The van der Waals surface area contributed by atoms with Gasteiger partial charge in [0.15, 0.2) is 0 Å². The van der Waals surface area contributed by atoms with Crippen LogP contribution in [0.4, 0.5) is 11.4 Å². The maximum absolute atomic E-state index is 11.2. The van der Waals surface area contributed by atoms with Crippen molar-refractivity contribution in [3.05, 3.63) is 33.9 Å². The molecule has 2 atom stereocenters. The first kappa shape index (κ1) is 14.2. The van der Waals surface area contributed by atoms with E-state index in [9.17, 15) is 10.1 Å². The molecule has 2 unspecified atom stereocenters. The Morgan fingerprint density at radius 3 is 3.00 bits per heavy atom. The zero-order valence-electron chi connectivity index (χ0n) is 11.2. The lowest BCUT2D eigenvalue weighted by molar-refractivity contribution is -0.384. The van der Waals surface area contributed by atoms with E-state index in [0.29, 0.717) is 25.4 Å². The predicted molar refractivity (Wildman–Crippen MR) is 73.4 cm³/mol. The van der Waals surface area contributed by atoms with Crippen LogP contribution in [0.25, 0.3) is 0 Å². The Balaban J connectivity index is 2.37. The molecule has 7 heteroatoms. The summed E-state index contributed by atoms with van der Waals surface area (Å²) < 4.78 is 5.55. The predicted octanol–water partition coefficient (Wildman–Crippen LogP) is 1.02. The van der Waals surface area contributed by atoms with Crippen LogP contribution in [0.5, 0.6) is 0 Å². The first-order valence-corrected chi connectivity index (χ1v) is 6.34. The lowest BCUT2D eigenvalue weighted by atomic mass is 10.1. The average molecular weight is 276 g/mol. The summed E-state index contributed by atoms with van der Waals surface area (Å²) in [5.41, 5.74) is 6.18. The van der Waals surface area contributed by atoms with E-state index in [1.165, 1.54) is 6.07 Å². The Bertz CT molecular complexity index is 553. The number of anilines is 1. The van der Waals surface area contributed by atoms with E-state index in [4.69, 9.17) is 15.7 Å². The minimum absolute atomic E-state index is 0.0661. The fourth-order valence-corrected chi connectivity index (χ4v) is 2.28. The zero-order chi connectivity index (χ0) is 14.7. The number of rotatable bonds is 3. The van der Waals surface area contributed by atoms with Crippen LogP contribution in [0.3, 0.4) is 0 Å². The largest absolute Gasteiger partial charge is 0.373 e. The highest BCUT2D eigenvalue weighted by atomic mass is 16.6. The van der Waals surface area contributed by atoms with Gasteiger partial charge in [-0.05, 0) is 19.1 Å². The number of hydrogen-bond acceptors (Lipinski definition) is 6. The average Bonchev–Trinajstić information content (AvgIpc) is 2.46. The Labute approximate surface area is 116 Å². The van der Waals surface area contributed by atoms with Crippen molar-refractivity contribution in [2.75, 3.05) is 24.6 Å². The van der Waals surface area contributed by atoms with Crippen molar-refractivity contribution in [2.24, 2.45) is 5.73 Å². The Kier molecular flexibility index (Phi) is 4.17. The van der Waals surface area contributed by atoms with Gasteiger partial charge in [0.2, 0.25) is 0 Å². The third-order valence-electron chi connectivity index (χ3n) is 3.34. The highest BCUT2D eigenvalue weighted by molar-refractivity contribution is 5.70. The monoisotopic (exact) mass is 276 g/mol. The molecule has 0 bridgehead atoms. The zero-order valence-corrected chi connectivity index (χ0v) is 11.2. The number of morpholine rings is 1. The molecule has 1 heterocycles. The van der Waals surface area contributed by atoms with Gasteiger partial charge < -0.3 is 15.4 Å². The van der Waals surface area contributed by atoms with Gasteiger partial charge in [-0.2, -0.15) is 5.26 Å². The third-order valence-corrected chi connectivity index (χ3v) is 3.34. The van der Waals surface area contributed by atoms with Gasteiger partial charge in [-0.3, -0.25) is 10.1 Å². The van der Waals surface area contributed by atoms with E-state index in [0.717, 1.165) is 0 Å². The van der Waals surface area contributed by atoms with Crippen molar-refractivity contribution in [3.63, 3.8) is 0 Å². The van der Waals surface area contributed by atoms with Gasteiger partial charge in [0.25, 0.3) is 0 Å². The van der Waals surface area contributed by atoms with Crippen molar-refractivity contribution in [1.29, 1.82) is 5.26 Å². The maximum atomic E-state index is 11.2. The summed E-state index contributed by atoms with van der Waals surface area (Å²) >= 11 is 0. The number of benzene rings is 1. The Hall–Kier alpha value is -2.17. The van der Waals surface area contributed by atoms with Crippen molar-refractivity contribution >= 4 is 11.4 Å². The number of nitrogens with zero attached hydrogens (tertiary/aromatic N) is 3. The molecule has 1 aliphatic heterocycles. The van der Waals surface area contributed by atoms with Crippen LogP contribution in [0.1, 0.15) is 12.5 Å². The number of nitro groups is 1. The first-order chi connectivity index (χ1) is 9.54. The molecule has 0 radical (unpaired) electrons. The third kappa shape index (κ3) is 2.71. The number of nitrogens with two attached hydrogens (primary N) is 1. The molecule has 1 saturated heterocycles. The highest BCUT2D eigenvalue weighted by Crippen LogP contribution is 2.32. The van der Waals surface area contributed by atoms with E-state index in [1.54, 1.807) is 12.1 Å². The van der Waals surface area contributed by atoms with E-state index in [-0.39, 0.29) is 23.4 Å². The Morgan fingerprint density at radius 1 is 1.65 bits per heavy atom. The minimum atomic E-state index is -0.510. The summed E-state index contributed by atoms with van der Waals surface area (Å²) in [5.74, 6) is 0. The quantitative estimate of drug-likeness (QED) is 0.652. The molecule has 0 saturated carbocycles. The van der Waals surface area contributed by atoms with Gasteiger partial charge in [-0.15, -0.1) is 0 Å². The molecule has 2 N–H and O–H groups in total. The molecular weight excluding hydrogens is 260 g/mol. The summed E-state index contributed by atoms with van der Waals surface area (Å²) in [6.07, 6.45) is -0.172. The standard InChI is InChI=1S/C13H16N4O3/c1-9(15)12-8-16(5-6-20-12)11-4-2-3-10(7-14)13(11)17(18)19/h2-4,9,12H,5-6,8,15H2,1H3. The fourth-order valence-electron chi connectivity index (χ4n) is 2.28. The van der Waals surface area contributed by atoms with Gasteiger partial charge in [-0.25, -0.2) is 0 Å². The van der Waals surface area contributed by atoms with Gasteiger partial charge in [0, 0.05) is 19.1 Å². The van der Waals surface area contributed by atoms with Crippen molar-refractivity contribution in [2.45, 2.75) is 19.1 Å². The van der Waals surface area contributed by atoms with Gasteiger partial charge >= 0.3 is 5.69 Å². The molecule has 20 heavy (non-hydrogen) atoms. The highest BCUT2D eigenvalue weighted by Gasteiger charge is 2.29. The van der Waals surface area contributed by atoms with Gasteiger partial charge in [0.1, 0.15) is 17.3 Å². The van der Waals surface area contributed by atoms with Crippen LogP contribution < -0.4 is 10.6 Å². The molecule has 0 amide bonds. The maximum Gasteiger partial charge on any atom is 0.310 e. The van der Waals surface area contributed by atoms with E-state index >= 15 is 0 Å². The van der Waals surface area contributed by atoms with Crippen LogP contribution in [0.15, 0.2) is 18.2 Å². The van der Waals surface area contributed by atoms with E-state index in [1.807, 2.05) is 17.9 Å². The number of para-hydroxylation sites is 1. The van der Waals surface area contributed by atoms with Crippen molar-refractivity contribution in [3.8, 4) is 6.07 Å². The molecule has 1 fully saturated rings. The van der Waals surface area contributed by atoms with Gasteiger partial charge in [0.05, 0.1) is 17.6 Å². The fraction of sp³-hybridized carbons (Fsp3) is 0.462. The molecule has 1 aromatic rings. The van der Waals surface area contributed by atoms with Crippen LogP contribution in [0.2, 0.25) is 0 Å². The van der Waals surface area contributed by atoms with Crippen LogP contribution in [0, 0.1) is 21.4 Å². The summed E-state index contributed by atoms with van der Waals surface area (Å²) in [5, 5.41) is 20.2. The SMILES string of the molecule is CC(N)C1CN(c2cccc(C#N)c2[N+](=O)[O-])CCO1. The molecule has 0 aliphatic carbocycles. The van der Waals surface area contributed by atoms with Crippen molar-refractivity contribution < 1.29 is 9.66 Å². The molecular formula is C13H16N4O3. The number of nitriles is 1. The molecule has 0 aromatic heterocycles. The molecule has 1 aliphatic rings. The van der Waals surface area contributed by atoms with Crippen LogP contribution in [-0.4, -0.2) is 36.8 Å². The molecule has 2 rings (SSSR count). The van der Waals surface area contributed by atoms with E-state index in [2.05, 4.69) is 0 Å². The normalized spacial score (nSPS) is 20.2. The van der Waals surface area contributed by atoms with Crippen LogP contribution >= 0.6 is 0 Å². The lowest BCUT2D eigenvalue weighted by Gasteiger charge is -2.35. The number of hydrogen-bond donors (Lipinski definition) is 1. The second-order valence-corrected chi connectivity index (χ2v) is 4.76. The second-order valence-electron chi connectivity index (χ2n) is 4.76. The first-order valence-electron chi connectivity index (χ1n) is 6.34. The van der Waals surface area contributed by atoms with E-state index < -0.39 is 4.92 Å². The molecule has 106 valence electrons. The summed E-state index contributed by atoms with van der Waals surface area (Å²) in [7, 11) is 0. The molecule has 0 spiro atoms. The lowest BCUT2D eigenvalue weighted by Crippen LogP contribution is -2.49. The summed E-state index contributed by atoms with van der Waals surface area (Å²) in [6, 6.07) is 6.46.